The predicted molar refractivity (Wildman–Crippen MR) is 149 cm³/mol. The van der Waals surface area contributed by atoms with Crippen molar-refractivity contribution in [1.82, 2.24) is 9.97 Å². The SMILES string of the molecule is O=C(Cc1c[nH]c2ccccc12)Nc1ccc(Nc2cccnc2)c(-c2ccc(F)c(Cl)c2)c1.O=C(O)C(F)(F)F. The lowest BCUT2D eigenvalue weighted by Crippen LogP contribution is -2.21. The predicted octanol–water partition coefficient (Wildman–Crippen LogP) is 7.58. The van der Waals surface area contributed by atoms with E-state index < -0.39 is 18.0 Å². The molecular formula is C29H21ClF4N4O3. The van der Waals surface area contributed by atoms with E-state index in [1.807, 2.05) is 60.8 Å². The van der Waals surface area contributed by atoms with Crippen LogP contribution in [0.3, 0.4) is 0 Å². The van der Waals surface area contributed by atoms with Crippen LogP contribution >= 0.6 is 11.6 Å². The number of H-pyrrole nitrogens is 1. The van der Waals surface area contributed by atoms with E-state index in [1.165, 1.54) is 6.07 Å². The van der Waals surface area contributed by atoms with E-state index >= 15 is 0 Å². The number of carbonyl (C=O) groups is 2. The Balaban J connectivity index is 0.000000493. The Bertz CT molecular complexity index is 1690. The number of aromatic amines is 1. The number of amides is 1. The summed E-state index contributed by atoms with van der Waals surface area (Å²) >= 11 is 6.05. The number of para-hydroxylation sites is 1. The van der Waals surface area contributed by atoms with Crippen LogP contribution in [0.15, 0.2) is 91.4 Å². The van der Waals surface area contributed by atoms with Crippen molar-refractivity contribution in [3.63, 3.8) is 0 Å². The van der Waals surface area contributed by atoms with Gasteiger partial charge >= 0.3 is 12.1 Å². The van der Waals surface area contributed by atoms with Gasteiger partial charge in [0.1, 0.15) is 5.82 Å². The van der Waals surface area contributed by atoms with Crippen LogP contribution in [-0.2, 0) is 16.0 Å². The molecule has 4 N–H and O–H groups in total. The Morgan fingerprint density at radius 2 is 1.73 bits per heavy atom. The number of halogens is 5. The first-order chi connectivity index (χ1) is 19.5. The highest BCUT2D eigenvalue weighted by molar-refractivity contribution is 6.31. The first kappa shape index (κ1) is 29.1. The van der Waals surface area contributed by atoms with Gasteiger partial charge in [0.15, 0.2) is 0 Å². The van der Waals surface area contributed by atoms with Crippen molar-refractivity contribution in [2.24, 2.45) is 0 Å². The molecule has 0 spiro atoms. The highest BCUT2D eigenvalue weighted by Gasteiger charge is 2.38. The summed E-state index contributed by atoms with van der Waals surface area (Å²) in [5, 5.41) is 14.5. The Kier molecular flexibility index (Phi) is 8.88. The summed E-state index contributed by atoms with van der Waals surface area (Å²) in [5.74, 6) is -3.39. The summed E-state index contributed by atoms with van der Waals surface area (Å²) in [6.45, 7) is 0. The van der Waals surface area contributed by atoms with Crippen LogP contribution in [0.25, 0.3) is 22.0 Å². The van der Waals surface area contributed by atoms with Crippen molar-refractivity contribution in [1.29, 1.82) is 0 Å². The topological polar surface area (TPSA) is 107 Å². The summed E-state index contributed by atoms with van der Waals surface area (Å²) in [7, 11) is 0. The Hall–Kier alpha value is -4.90. The fourth-order valence-electron chi connectivity index (χ4n) is 3.88. The van der Waals surface area contributed by atoms with Gasteiger partial charge in [-0.3, -0.25) is 9.78 Å². The van der Waals surface area contributed by atoms with E-state index in [1.54, 1.807) is 24.5 Å². The molecule has 0 saturated carbocycles. The fourth-order valence-corrected chi connectivity index (χ4v) is 4.06. The monoisotopic (exact) mass is 584 g/mol. The molecule has 210 valence electrons. The van der Waals surface area contributed by atoms with Crippen LogP contribution in [0.4, 0.5) is 34.6 Å². The molecule has 3 aromatic carbocycles. The molecule has 0 atom stereocenters. The molecule has 0 radical (unpaired) electrons. The number of carboxylic acids is 1. The highest BCUT2D eigenvalue weighted by atomic mass is 35.5. The molecule has 41 heavy (non-hydrogen) atoms. The highest BCUT2D eigenvalue weighted by Crippen LogP contribution is 2.35. The van der Waals surface area contributed by atoms with Crippen LogP contribution in [0.2, 0.25) is 5.02 Å². The lowest BCUT2D eigenvalue weighted by atomic mass is 10.0. The zero-order valence-corrected chi connectivity index (χ0v) is 21.7. The number of carboxylic acid groups (broad SMARTS) is 1. The Morgan fingerprint density at radius 1 is 0.976 bits per heavy atom. The van der Waals surface area contributed by atoms with E-state index in [0.717, 1.165) is 33.4 Å². The minimum Gasteiger partial charge on any atom is -0.475 e. The maximum atomic E-state index is 13.8. The van der Waals surface area contributed by atoms with E-state index in [4.69, 9.17) is 21.5 Å². The molecule has 1 amide bonds. The van der Waals surface area contributed by atoms with Crippen LogP contribution in [0, 0.1) is 5.82 Å². The van der Waals surface area contributed by atoms with E-state index in [-0.39, 0.29) is 17.4 Å². The van der Waals surface area contributed by atoms with Crippen LogP contribution in [0.5, 0.6) is 0 Å². The number of fused-ring (bicyclic) bond motifs is 1. The number of alkyl halides is 3. The van der Waals surface area contributed by atoms with E-state index in [9.17, 15) is 22.4 Å². The molecule has 5 aromatic rings. The second-order valence-corrected chi connectivity index (χ2v) is 9.05. The van der Waals surface area contributed by atoms with Crippen molar-refractivity contribution >= 4 is 51.4 Å². The van der Waals surface area contributed by atoms with Gasteiger partial charge < -0.3 is 20.7 Å². The third-order valence-corrected chi connectivity index (χ3v) is 6.03. The Morgan fingerprint density at radius 3 is 2.41 bits per heavy atom. The molecular weight excluding hydrogens is 564 g/mol. The maximum Gasteiger partial charge on any atom is 0.490 e. The molecule has 2 heterocycles. The molecule has 0 saturated heterocycles. The summed E-state index contributed by atoms with van der Waals surface area (Å²) in [6, 6.07) is 21.7. The Labute approximate surface area is 235 Å². The summed E-state index contributed by atoms with van der Waals surface area (Å²) in [4.78, 5) is 29.0. The second kappa shape index (κ2) is 12.5. The van der Waals surface area contributed by atoms with Crippen molar-refractivity contribution < 1.29 is 32.3 Å². The number of hydrogen-bond donors (Lipinski definition) is 4. The molecule has 0 aliphatic heterocycles. The van der Waals surface area contributed by atoms with Crippen LogP contribution in [-0.4, -0.2) is 33.1 Å². The average Bonchev–Trinajstić information content (AvgIpc) is 3.34. The van der Waals surface area contributed by atoms with Crippen molar-refractivity contribution in [3.8, 4) is 11.1 Å². The van der Waals surface area contributed by atoms with Gasteiger partial charge in [-0.1, -0.05) is 35.9 Å². The number of anilines is 3. The number of nitrogens with zero attached hydrogens (tertiary/aromatic N) is 1. The number of benzene rings is 3. The standard InChI is InChI=1S/C27H20ClFN4O.C2HF3O2/c28-23-12-17(7-9-24(23)29)22-14-19(8-10-26(22)32-20-4-3-11-30-16-20)33-27(34)13-18-15-31-25-6-2-1-5-21(18)25;3-2(4,5)1(6)7/h1-12,14-16,31-32H,13H2,(H,33,34);(H,6,7). The molecule has 0 unspecified atom stereocenters. The van der Waals surface area contributed by atoms with Gasteiger partial charge in [-0.2, -0.15) is 13.2 Å². The van der Waals surface area contributed by atoms with Gasteiger partial charge in [-0.25, -0.2) is 9.18 Å². The number of aliphatic carboxylic acids is 1. The zero-order chi connectivity index (χ0) is 29.6. The first-order valence-electron chi connectivity index (χ1n) is 11.9. The number of nitrogens with one attached hydrogen (secondary N) is 3. The van der Waals surface area contributed by atoms with E-state index in [0.29, 0.717) is 11.3 Å². The van der Waals surface area contributed by atoms with Gasteiger partial charge in [0, 0.05) is 40.2 Å². The van der Waals surface area contributed by atoms with Gasteiger partial charge in [0.25, 0.3) is 0 Å². The molecule has 0 aliphatic rings. The number of aromatic nitrogens is 2. The molecule has 0 fully saturated rings. The fraction of sp³-hybridized carbons (Fsp3) is 0.0690. The van der Waals surface area contributed by atoms with Crippen LogP contribution in [0.1, 0.15) is 5.56 Å². The van der Waals surface area contributed by atoms with E-state index in [2.05, 4.69) is 20.6 Å². The van der Waals surface area contributed by atoms with Gasteiger partial charge in [-0.15, -0.1) is 0 Å². The number of rotatable bonds is 6. The molecule has 12 heteroatoms. The zero-order valence-electron chi connectivity index (χ0n) is 21.0. The third-order valence-electron chi connectivity index (χ3n) is 5.74. The molecule has 2 aromatic heterocycles. The van der Waals surface area contributed by atoms with Crippen LogP contribution < -0.4 is 10.6 Å². The van der Waals surface area contributed by atoms with Gasteiger partial charge in [0.2, 0.25) is 5.91 Å². The number of carbonyl (C=O) groups excluding carboxylic acids is 1. The average molecular weight is 585 g/mol. The first-order valence-corrected chi connectivity index (χ1v) is 12.3. The van der Waals surface area contributed by atoms with Crippen molar-refractivity contribution in [3.05, 3.63) is 108 Å². The number of hydrogen-bond acceptors (Lipinski definition) is 4. The van der Waals surface area contributed by atoms with Crippen molar-refractivity contribution in [2.75, 3.05) is 10.6 Å². The molecule has 0 bridgehead atoms. The number of pyridine rings is 1. The molecule has 0 aliphatic carbocycles. The molecule has 7 nitrogen and oxygen atoms in total. The van der Waals surface area contributed by atoms with Gasteiger partial charge in [0.05, 0.1) is 23.3 Å². The van der Waals surface area contributed by atoms with Crippen molar-refractivity contribution in [2.45, 2.75) is 12.6 Å². The quantitative estimate of drug-likeness (QED) is 0.154. The van der Waals surface area contributed by atoms with Gasteiger partial charge in [-0.05, 0) is 59.7 Å². The molecule has 5 rings (SSSR count). The lowest BCUT2D eigenvalue weighted by molar-refractivity contribution is -0.192. The minimum absolute atomic E-state index is 0.0265. The smallest absolute Gasteiger partial charge is 0.475 e. The minimum atomic E-state index is -5.08. The lowest BCUT2D eigenvalue weighted by Gasteiger charge is -2.15. The summed E-state index contributed by atoms with van der Waals surface area (Å²) < 4.78 is 45.5. The third kappa shape index (κ3) is 7.61. The second-order valence-electron chi connectivity index (χ2n) is 8.64. The summed E-state index contributed by atoms with van der Waals surface area (Å²) in [6.07, 6.45) is 0.408. The largest absolute Gasteiger partial charge is 0.490 e. The summed E-state index contributed by atoms with van der Waals surface area (Å²) in [5.41, 5.74) is 5.58. The normalized spacial score (nSPS) is 11.0. The maximum absolute atomic E-state index is 13.8.